The van der Waals surface area contributed by atoms with Crippen molar-refractivity contribution in [1.29, 1.82) is 0 Å². The van der Waals surface area contributed by atoms with Crippen molar-refractivity contribution < 1.29 is 32.6 Å². The summed E-state index contributed by atoms with van der Waals surface area (Å²) in [6.45, 7) is 0.420. The fourth-order valence-corrected chi connectivity index (χ4v) is 3.73. The standard InChI is InChI=1S/C22H19N3O7S/c26-20(23-13-12-15-4-2-1-3-5-15)16-6-9-18(10-7-16)33(30,31)25-21(27)17-8-11-19(24-14-17)32-22(28)29/h1-11,14H,12-13H2,(H,23,26)(H,25,27)(H,28,29). The van der Waals surface area contributed by atoms with Gasteiger partial charge in [0.15, 0.2) is 0 Å². The zero-order chi connectivity index (χ0) is 23.8. The van der Waals surface area contributed by atoms with Crippen LogP contribution in [0.15, 0.2) is 77.8 Å². The smallest absolute Gasteiger partial charge is 0.449 e. The van der Waals surface area contributed by atoms with E-state index in [9.17, 15) is 22.8 Å². The summed E-state index contributed by atoms with van der Waals surface area (Å²) >= 11 is 0. The van der Waals surface area contributed by atoms with E-state index < -0.39 is 22.1 Å². The van der Waals surface area contributed by atoms with Crippen LogP contribution in [0.1, 0.15) is 26.3 Å². The van der Waals surface area contributed by atoms with Crippen LogP contribution in [0, 0.1) is 0 Å². The van der Waals surface area contributed by atoms with Gasteiger partial charge in [-0.05, 0) is 42.3 Å². The van der Waals surface area contributed by atoms with Crippen molar-refractivity contribution in [3.8, 4) is 5.88 Å². The molecule has 11 heteroatoms. The Hall–Kier alpha value is -4.25. The van der Waals surface area contributed by atoms with Gasteiger partial charge in [0.2, 0.25) is 5.88 Å². The zero-order valence-corrected chi connectivity index (χ0v) is 17.9. The number of hydrogen-bond donors (Lipinski definition) is 3. The predicted molar refractivity (Wildman–Crippen MR) is 116 cm³/mol. The first kappa shape index (κ1) is 23.4. The van der Waals surface area contributed by atoms with E-state index >= 15 is 0 Å². The molecule has 0 atom stereocenters. The first-order valence-corrected chi connectivity index (χ1v) is 11.1. The van der Waals surface area contributed by atoms with Gasteiger partial charge in [0.05, 0.1) is 10.5 Å². The Morgan fingerprint density at radius 1 is 0.879 bits per heavy atom. The molecule has 0 unspecified atom stereocenters. The third-order valence-electron chi connectivity index (χ3n) is 4.39. The molecule has 0 aliphatic carbocycles. The molecule has 0 fully saturated rings. The number of nitrogens with zero attached hydrogens (tertiary/aromatic N) is 1. The highest BCUT2D eigenvalue weighted by Gasteiger charge is 2.20. The highest BCUT2D eigenvalue weighted by atomic mass is 32.2. The van der Waals surface area contributed by atoms with Crippen LogP contribution < -0.4 is 14.8 Å². The fourth-order valence-electron chi connectivity index (χ4n) is 2.76. The van der Waals surface area contributed by atoms with Gasteiger partial charge < -0.3 is 15.2 Å². The molecule has 0 saturated heterocycles. The minimum absolute atomic E-state index is 0.120. The van der Waals surface area contributed by atoms with Crippen molar-refractivity contribution in [3.05, 3.63) is 89.6 Å². The average Bonchev–Trinajstić information content (AvgIpc) is 2.79. The molecule has 2 aromatic carbocycles. The largest absolute Gasteiger partial charge is 0.512 e. The number of benzene rings is 2. The molecular weight excluding hydrogens is 450 g/mol. The van der Waals surface area contributed by atoms with E-state index in [4.69, 9.17) is 5.11 Å². The molecule has 0 spiro atoms. The van der Waals surface area contributed by atoms with Gasteiger partial charge in [-0.3, -0.25) is 9.59 Å². The first-order chi connectivity index (χ1) is 15.7. The minimum atomic E-state index is -4.22. The summed E-state index contributed by atoms with van der Waals surface area (Å²) in [4.78, 5) is 38.4. The summed E-state index contributed by atoms with van der Waals surface area (Å²) in [6.07, 6.45) is 0.0608. The van der Waals surface area contributed by atoms with Crippen LogP contribution in [-0.2, 0) is 16.4 Å². The Morgan fingerprint density at radius 2 is 1.55 bits per heavy atom. The number of nitrogens with one attached hydrogen (secondary N) is 2. The van der Waals surface area contributed by atoms with Crippen LogP contribution in [0.3, 0.4) is 0 Å². The van der Waals surface area contributed by atoms with Gasteiger partial charge in [0, 0.05) is 24.4 Å². The second-order valence-corrected chi connectivity index (χ2v) is 8.39. The topological polar surface area (TPSA) is 152 Å². The number of aromatic nitrogens is 1. The Morgan fingerprint density at radius 3 is 2.15 bits per heavy atom. The van der Waals surface area contributed by atoms with Crippen LogP contribution in [0.25, 0.3) is 0 Å². The highest BCUT2D eigenvalue weighted by molar-refractivity contribution is 7.90. The normalized spacial score (nSPS) is 10.8. The molecule has 2 amide bonds. The van der Waals surface area contributed by atoms with Gasteiger partial charge in [-0.1, -0.05) is 30.3 Å². The van der Waals surface area contributed by atoms with Gasteiger partial charge >= 0.3 is 6.16 Å². The lowest BCUT2D eigenvalue weighted by Crippen LogP contribution is -2.31. The zero-order valence-electron chi connectivity index (χ0n) is 17.1. The Balaban J connectivity index is 1.58. The van der Waals surface area contributed by atoms with E-state index in [1.54, 1.807) is 0 Å². The van der Waals surface area contributed by atoms with Gasteiger partial charge in [-0.2, -0.15) is 0 Å². The molecule has 3 rings (SSSR count). The summed E-state index contributed by atoms with van der Waals surface area (Å²) < 4.78 is 31.2. The third kappa shape index (κ3) is 6.61. The summed E-state index contributed by atoms with van der Waals surface area (Å²) in [5, 5.41) is 11.3. The molecule has 0 saturated carbocycles. The maximum absolute atomic E-state index is 12.5. The minimum Gasteiger partial charge on any atom is -0.449 e. The fraction of sp³-hybridized carbons (Fsp3) is 0.0909. The molecule has 3 aromatic rings. The molecule has 0 radical (unpaired) electrons. The van der Waals surface area contributed by atoms with Crippen molar-refractivity contribution in [2.24, 2.45) is 0 Å². The van der Waals surface area contributed by atoms with E-state index in [2.05, 4.69) is 15.0 Å². The predicted octanol–water partition coefficient (Wildman–Crippen LogP) is 2.23. The Kier molecular flexibility index (Phi) is 7.36. The summed E-state index contributed by atoms with van der Waals surface area (Å²) in [5.41, 5.74) is 1.23. The highest BCUT2D eigenvalue weighted by Crippen LogP contribution is 2.13. The maximum Gasteiger partial charge on any atom is 0.512 e. The number of pyridine rings is 1. The number of carbonyl (C=O) groups excluding carboxylic acids is 2. The lowest BCUT2D eigenvalue weighted by Gasteiger charge is -2.09. The SMILES string of the molecule is O=C(O)Oc1ccc(C(=O)NS(=O)(=O)c2ccc(C(=O)NCCc3ccccc3)cc2)cn1. The number of amides is 2. The van der Waals surface area contributed by atoms with Crippen LogP contribution in [0.4, 0.5) is 4.79 Å². The van der Waals surface area contributed by atoms with Gasteiger partial charge in [0.1, 0.15) is 0 Å². The molecule has 10 nitrogen and oxygen atoms in total. The molecule has 33 heavy (non-hydrogen) atoms. The number of hydrogen-bond acceptors (Lipinski definition) is 7. The quantitative estimate of drug-likeness (QED) is 0.425. The van der Waals surface area contributed by atoms with Gasteiger partial charge in [-0.15, -0.1) is 0 Å². The first-order valence-electron chi connectivity index (χ1n) is 9.61. The van der Waals surface area contributed by atoms with E-state index in [1.807, 2.05) is 35.1 Å². The van der Waals surface area contributed by atoms with Crippen molar-refractivity contribution in [1.82, 2.24) is 15.0 Å². The summed E-state index contributed by atoms with van der Waals surface area (Å²) in [6, 6.07) is 17.0. The van der Waals surface area contributed by atoms with E-state index in [0.717, 1.165) is 17.8 Å². The summed E-state index contributed by atoms with van der Waals surface area (Å²) in [7, 11) is -4.22. The number of sulfonamides is 1. The third-order valence-corrected chi connectivity index (χ3v) is 5.73. The average molecular weight is 469 g/mol. The molecule has 1 aromatic heterocycles. The monoisotopic (exact) mass is 469 g/mol. The molecular formula is C22H19N3O7S. The van der Waals surface area contributed by atoms with Crippen LogP contribution in [-0.4, -0.2) is 43.0 Å². The van der Waals surface area contributed by atoms with Crippen LogP contribution in [0.5, 0.6) is 5.88 Å². The second kappa shape index (κ2) is 10.4. The second-order valence-electron chi connectivity index (χ2n) is 6.70. The molecule has 3 N–H and O–H groups in total. The molecule has 0 aliphatic heterocycles. The lowest BCUT2D eigenvalue weighted by atomic mass is 10.1. The molecule has 0 aliphatic rings. The van der Waals surface area contributed by atoms with E-state index in [0.29, 0.717) is 13.0 Å². The number of ether oxygens (including phenoxy) is 1. The molecule has 170 valence electrons. The number of rotatable bonds is 8. The van der Waals surface area contributed by atoms with Gasteiger partial charge in [-0.25, -0.2) is 22.9 Å². The molecule has 1 heterocycles. The van der Waals surface area contributed by atoms with Crippen molar-refractivity contribution in [2.75, 3.05) is 6.54 Å². The Labute approximate surface area is 189 Å². The Bertz CT molecular complexity index is 1240. The summed E-state index contributed by atoms with van der Waals surface area (Å²) in [5.74, 6) is -1.58. The maximum atomic E-state index is 12.5. The lowest BCUT2D eigenvalue weighted by molar-refractivity contribution is 0.0951. The molecule has 0 bridgehead atoms. The number of carboxylic acid groups (broad SMARTS) is 1. The van der Waals surface area contributed by atoms with Crippen molar-refractivity contribution in [3.63, 3.8) is 0 Å². The van der Waals surface area contributed by atoms with Crippen molar-refractivity contribution >= 4 is 28.0 Å². The van der Waals surface area contributed by atoms with Crippen LogP contribution in [0.2, 0.25) is 0 Å². The van der Waals surface area contributed by atoms with E-state index in [-0.39, 0.29) is 27.8 Å². The van der Waals surface area contributed by atoms with Crippen molar-refractivity contribution in [2.45, 2.75) is 11.3 Å². The number of carbonyl (C=O) groups is 3. The van der Waals surface area contributed by atoms with Gasteiger partial charge in [0.25, 0.3) is 21.8 Å². The van der Waals surface area contributed by atoms with E-state index in [1.165, 1.54) is 30.3 Å². The van der Waals surface area contributed by atoms with Crippen LogP contribution >= 0.6 is 0 Å².